The molecule has 0 saturated heterocycles. The highest BCUT2D eigenvalue weighted by Gasteiger charge is 2.18. The largest absolute Gasteiger partial charge is 0.481 e. The molecule has 0 unspecified atom stereocenters. The number of imidazole rings is 1. The van der Waals surface area contributed by atoms with Crippen molar-refractivity contribution in [2.24, 2.45) is 0 Å². The Bertz CT molecular complexity index is 593. The maximum atomic E-state index is 11.0. The normalized spacial score (nSPS) is 10.7. The van der Waals surface area contributed by atoms with Crippen LogP contribution in [-0.2, 0) is 17.8 Å². The second-order valence-corrected chi connectivity index (χ2v) is 4.97. The van der Waals surface area contributed by atoms with E-state index in [4.69, 9.17) is 16.7 Å². The van der Waals surface area contributed by atoms with Crippen LogP contribution in [0.2, 0.25) is 5.15 Å². The smallest absolute Gasteiger partial charge is 0.309 e. The number of hydrogen-bond donors (Lipinski definition) is 1. The Labute approximate surface area is 123 Å². The fraction of sp³-hybridized carbons (Fsp3) is 0.333. The van der Waals surface area contributed by atoms with E-state index in [9.17, 15) is 4.79 Å². The van der Waals surface area contributed by atoms with Gasteiger partial charge in [0.1, 0.15) is 5.82 Å². The van der Waals surface area contributed by atoms with Crippen molar-refractivity contribution in [2.75, 3.05) is 0 Å². The maximum absolute atomic E-state index is 11.0. The molecular formula is C15H17ClN2O2. The van der Waals surface area contributed by atoms with Crippen LogP contribution in [0.5, 0.6) is 0 Å². The first-order chi connectivity index (χ1) is 9.63. The molecule has 1 heterocycles. The van der Waals surface area contributed by atoms with Gasteiger partial charge in [0.05, 0.1) is 12.1 Å². The predicted octanol–water partition coefficient (Wildman–Crippen LogP) is 3.63. The molecule has 4 nitrogen and oxygen atoms in total. The van der Waals surface area contributed by atoms with Gasteiger partial charge in [0, 0.05) is 12.1 Å². The van der Waals surface area contributed by atoms with Crippen molar-refractivity contribution in [1.82, 2.24) is 9.55 Å². The van der Waals surface area contributed by atoms with E-state index in [0.717, 1.165) is 30.8 Å². The van der Waals surface area contributed by atoms with Crippen LogP contribution in [0.4, 0.5) is 0 Å². The van der Waals surface area contributed by atoms with E-state index in [-0.39, 0.29) is 11.6 Å². The third kappa shape index (κ3) is 3.20. The number of unbranched alkanes of at least 4 members (excludes halogenated alkanes) is 1. The van der Waals surface area contributed by atoms with Gasteiger partial charge in [-0.15, -0.1) is 0 Å². The van der Waals surface area contributed by atoms with Gasteiger partial charge in [0.15, 0.2) is 5.15 Å². The van der Waals surface area contributed by atoms with Gasteiger partial charge in [-0.2, -0.15) is 0 Å². The molecule has 1 N–H and O–H groups in total. The van der Waals surface area contributed by atoms with Gasteiger partial charge in [0.25, 0.3) is 0 Å². The summed E-state index contributed by atoms with van der Waals surface area (Å²) in [5.41, 5.74) is 1.52. The summed E-state index contributed by atoms with van der Waals surface area (Å²) in [6.45, 7) is 2.82. The van der Waals surface area contributed by atoms with Gasteiger partial charge in [-0.1, -0.05) is 55.3 Å². The topological polar surface area (TPSA) is 55.1 Å². The van der Waals surface area contributed by atoms with Crippen LogP contribution >= 0.6 is 11.6 Å². The highest BCUT2D eigenvalue weighted by molar-refractivity contribution is 6.30. The molecule has 0 saturated carbocycles. The molecule has 0 fully saturated rings. The number of rotatable bonds is 6. The Morgan fingerprint density at radius 1 is 1.35 bits per heavy atom. The molecule has 20 heavy (non-hydrogen) atoms. The molecule has 0 atom stereocenters. The Kier molecular flexibility index (Phi) is 4.79. The highest BCUT2D eigenvalue weighted by Crippen LogP contribution is 2.26. The molecule has 0 aliphatic carbocycles. The van der Waals surface area contributed by atoms with Crippen molar-refractivity contribution in [3.63, 3.8) is 0 Å². The summed E-state index contributed by atoms with van der Waals surface area (Å²) in [5.74, 6) is -0.163. The fourth-order valence-corrected chi connectivity index (χ4v) is 2.38. The molecule has 1 aromatic heterocycles. The third-order valence-electron chi connectivity index (χ3n) is 3.11. The minimum atomic E-state index is -0.899. The molecule has 2 rings (SSSR count). The van der Waals surface area contributed by atoms with Crippen molar-refractivity contribution in [3.8, 4) is 11.4 Å². The number of hydrogen-bond acceptors (Lipinski definition) is 2. The number of nitrogens with zero attached hydrogens (tertiary/aromatic N) is 2. The first-order valence-corrected chi connectivity index (χ1v) is 7.03. The monoisotopic (exact) mass is 292 g/mol. The lowest BCUT2D eigenvalue weighted by atomic mass is 10.2. The zero-order chi connectivity index (χ0) is 14.5. The summed E-state index contributed by atoms with van der Waals surface area (Å²) < 4.78 is 1.93. The number of halogens is 1. The van der Waals surface area contributed by atoms with E-state index in [2.05, 4.69) is 11.9 Å². The number of carboxylic acid groups (broad SMARTS) is 1. The molecule has 0 radical (unpaired) electrons. The molecule has 0 amide bonds. The average Bonchev–Trinajstić information content (AvgIpc) is 2.74. The van der Waals surface area contributed by atoms with E-state index in [1.54, 1.807) is 0 Å². The number of benzene rings is 1. The van der Waals surface area contributed by atoms with Gasteiger partial charge in [-0.05, 0) is 6.42 Å². The quantitative estimate of drug-likeness (QED) is 0.884. The lowest BCUT2D eigenvalue weighted by molar-refractivity contribution is -0.136. The van der Waals surface area contributed by atoms with E-state index in [1.807, 2.05) is 34.9 Å². The Hall–Kier alpha value is -1.81. The van der Waals surface area contributed by atoms with Crippen LogP contribution in [0.25, 0.3) is 11.4 Å². The lowest BCUT2D eigenvalue weighted by Gasteiger charge is -2.10. The maximum Gasteiger partial charge on any atom is 0.309 e. The SMILES string of the molecule is CCCCn1c(-c2ccccc2)nc(Cl)c1CC(=O)O. The first kappa shape index (κ1) is 14.6. The van der Waals surface area contributed by atoms with Crippen molar-refractivity contribution >= 4 is 17.6 Å². The second-order valence-electron chi connectivity index (χ2n) is 4.61. The van der Waals surface area contributed by atoms with E-state index >= 15 is 0 Å². The van der Waals surface area contributed by atoms with E-state index in [0.29, 0.717) is 5.69 Å². The summed E-state index contributed by atoms with van der Waals surface area (Å²) in [6.07, 6.45) is 1.87. The Morgan fingerprint density at radius 2 is 2.05 bits per heavy atom. The van der Waals surface area contributed by atoms with Crippen molar-refractivity contribution < 1.29 is 9.90 Å². The van der Waals surface area contributed by atoms with Crippen LogP contribution in [0, 0.1) is 0 Å². The van der Waals surface area contributed by atoms with Crippen LogP contribution in [-0.4, -0.2) is 20.6 Å². The molecule has 106 valence electrons. The molecule has 1 aromatic carbocycles. The molecule has 0 bridgehead atoms. The molecule has 2 aromatic rings. The number of carbonyl (C=O) groups is 1. The van der Waals surface area contributed by atoms with Gasteiger partial charge in [0.2, 0.25) is 0 Å². The lowest BCUT2D eigenvalue weighted by Crippen LogP contribution is -2.10. The van der Waals surface area contributed by atoms with Crippen LogP contribution in [0.15, 0.2) is 30.3 Å². The molecule has 0 spiro atoms. The first-order valence-electron chi connectivity index (χ1n) is 6.65. The third-order valence-corrected chi connectivity index (χ3v) is 3.41. The Balaban J connectivity index is 2.48. The summed E-state index contributed by atoms with van der Waals surface area (Å²) in [6, 6.07) is 9.69. The van der Waals surface area contributed by atoms with Crippen molar-refractivity contribution in [3.05, 3.63) is 41.2 Å². The predicted molar refractivity (Wildman–Crippen MR) is 78.9 cm³/mol. The van der Waals surface area contributed by atoms with Crippen LogP contribution < -0.4 is 0 Å². The second kappa shape index (κ2) is 6.57. The summed E-state index contributed by atoms with van der Waals surface area (Å²) in [4.78, 5) is 15.3. The summed E-state index contributed by atoms with van der Waals surface area (Å²) >= 11 is 6.13. The zero-order valence-corrected chi connectivity index (χ0v) is 12.1. The fourth-order valence-electron chi connectivity index (χ4n) is 2.13. The summed E-state index contributed by atoms with van der Waals surface area (Å²) in [5, 5.41) is 9.30. The Morgan fingerprint density at radius 3 is 2.65 bits per heavy atom. The van der Waals surface area contributed by atoms with Gasteiger partial charge < -0.3 is 9.67 Å². The molecule has 0 aliphatic heterocycles. The average molecular weight is 293 g/mol. The summed E-state index contributed by atoms with van der Waals surface area (Å²) in [7, 11) is 0. The van der Waals surface area contributed by atoms with Gasteiger partial charge in [-0.3, -0.25) is 4.79 Å². The van der Waals surface area contributed by atoms with E-state index < -0.39 is 5.97 Å². The number of aromatic nitrogens is 2. The van der Waals surface area contributed by atoms with Gasteiger partial charge in [-0.25, -0.2) is 4.98 Å². The minimum Gasteiger partial charge on any atom is -0.481 e. The number of carboxylic acids is 1. The molecule has 5 heteroatoms. The van der Waals surface area contributed by atoms with Crippen molar-refractivity contribution in [1.29, 1.82) is 0 Å². The zero-order valence-electron chi connectivity index (χ0n) is 11.3. The standard InChI is InChI=1S/C15H17ClN2O2/c1-2-3-9-18-12(10-13(19)20)14(16)17-15(18)11-7-5-4-6-8-11/h4-8H,2-3,9-10H2,1H3,(H,19,20). The molecular weight excluding hydrogens is 276 g/mol. The molecule has 0 aliphatic rings. The van der Waals surface area contributed by atoms with Gasteiger partial charge >= 0.3 is 5.97 Å². The van der Waals surface area contributed by atoms with Crippen molar-refractivity contribution in [2.45, 2.75) is 32.7 Å². The van der Waals surface area contributed by atoms with E-state index in [1.165, 1.54) is 0 Å². The minimum absolute atomic E-state index is 0.109. The number of aliphatic carboxylic acids is 1. The van der Waals surface area contributed by atoms with Crippen LogP contribution in [0.1, 0.15) is 25.5 Å². The highest BCUT2D eigenvalue weighted by atomic mass is 35.5. The van der Waals surface area contributed by atoms with Crippen LogP contribution in [0.3, 0.4) is 0 Å².